The molecule has 0 saturated carbocycles. The van der Waals surface area contributed by atoms with E-state index in [4.69, 9.17) is 9.97 Å². The molecule has 4 N–H and O–H groups in total. The van der Waals surface area contributed by atoms with Gasteiger partial charge in [0.1, 0.15) is 22.6 Å². The number of aromatic nitrogens is 7. The third kappa shape index (κ3) is 4.19. The Balaban J connectivity index is 1.42. The van der Waals surface area contributed by atoms with Gasteiger partial charge in [0.15, 0.2) is 11.5 Å². The first-order valence-corrected chi connectivity index (χ1v) is 11.8. The van der Waals surface area contributed by atoms with Crippen molar-refractivity contribution in [3.8, 4) is 39.8 Å². The number of aromatic amines is 2. The molecule has 5 heterocycles. The molecule has 0 unspecified atom stereocenters. The Morgan fingerprint density at radius 2 is 1.82 bits per heavy atom. The predicted molar refractivity (Wildman–Crippen MR) is 141 cm³/mol. The molecule has 10 nitrogen and oxygen atoms in total. The lowest BCUT2D eigenvalue weighted by molar-refractivity contribution is -0.118. The first-order valence-electron chi connectivity index (χ1n) is 11.8. The fourth-order valence-electron chi connectivity index (χ4n) is 4.13. The van der Waals surface area contributed by atoms with Crippen LogP contribution in [0.15, 0.2) is 61.1 Å². The van der Waals surface area contributed by atoms with Crippen LogP contribution in [-0.2, 0) is 4.79 Å². The number of phenolic OH excluding ortho intramolecular Hbond substituents is 1. The summed E-state index contributed by atoms with van der Waals surface area (Å²) in [4.78, 5) is 33.5. The highest BCUT2D eigenvalue weighted by Gasteiger charge is 2.18. The maximum atomic E-state index is 14.0. The van der Waals surface area contributed by atoms with Crippen LogP contribution in [-0.4, -0.2) is 46.1 Å². The number of aromatic hydroxyl groups is 1. The number of nitrogens with one attached hydrogen (secondary N) is 3. The number of phenols is 1. The lowest BCUT2D eigenvalue weighted by Crippen LogP contribution is -2.17. The standard InChI is InChI=1S/C27H21FN8O2/c1-13(2)27(38)31-17-8-15(11-29-12-17)19-3-4-21-24(32-19)25(36-35-21)26-33-20-5-6-30-22(23(20)34-26)14-7-16(28)10-18(37)9-14/h3-13,37H,1-2H3,(H,31,38)(H,33,34)(H,35,36). The Morgan fingerprint density at radius 3 is 2.63 bits per heavy atom. The molecule has 0 aliphatic rings. The number of fused-ring (bicyclic) bond motifs is 2. The molecule has 6 rings (SSSR count). The Bertz CT molecular complexity index is 1820. The van der Waals surface area contributed by atoms with E-state index in [-0.39, 0.29) is 17.6 Å². The van der Waals surface area contributed by atoms with E-state index < -0.39 is 5.82 Å². The summed E-state index contributed by atoms with van der Waals surface area (Å²) in [7, 11) is 0. The van der Waals surface area contributed by atoms with Gasteiger partial charge >= 0.3 is 0 Å². The Labute approximate surface area is 215 Å². The minimum Gasteiger partial charge on any atom is -0.508 e. The number of hydrogen-bond donors (Lipinski definition) is 4. The van der Waals surface area contributed by atoms with Crippen molar-refractivity contribution < 1.29 is 14.3 Å². The summed E-state index contributed by atoms with van der Waals surface area (Å²) >= 11 is 0. The minimum absolute atomic E-state index is 0.100. The maximum Gasteiger partial charge on any atom is 0.226 e. The number of hydrogen-bond acceptors (Lipinski definition) is 7. The number of carbonyl (C=O) groups is 1. The summed E-state index contributed by atoms with van der Waals surface area (Å²) in [5, 5.41) is 20.1. The fourth-order valence-corrected chi connectivity index (χ4v) is 4.13. The van der Waals surface area contributed by atoms with Gasteiger partial charge in [0.05, 0.1) is 34.3 Å². The monoisotopic (exact) mass is 508 g/mol. The van der Waals surface area contributed by atoms with Crippen molar-refractivity contribution in [3.05, 3.63) is 66.9 Å². The van der Waals surface area contributed by atoms with Crippen molar-refractivity contribution >= 4 is 33.7 Å². The number of nitrogens with zero attached hydrogens (tertiary/aromatic N) is 5. The SMILES string of the molecule is CC(C)C(=O)Nc1cncc(-c2ccc3[nH]nc(-c4nc5c(-c6cc(O)cc(F)c6)nccc5[nH]4)c3n2)c1. The van der Waals surface area contributed by atoms with Crippen LogP contribution in [0.4, 0.5) is 10.1 Å². The smallest absolute Gasteiger partial charge is 0.226 e. The van der Waals surface area contributed by atoms with Gasteiger partial charge in [-0.2, -0.15) is 5.10 Å². The second-order valence-electron chi connectivity index (χ2n) is 9.11. The van der Waals surface area contributed by atoms with Crippen LogP contribution in [0.2, 0.25) is 0 Å². The molecule has 11 heteroatoms. The maximum absolute atomic E-state index is 14.0. The molecule has 0 aliphatic carbocycles. The molecule has 0 aliphatic heterocycles. The summed E-state index contributed by atoms with van der Waals surface area (Å²) < 4.78 is 14.0. The molecule has 0 fully saturated rings. The van der Waals surface area contributed by atoms with Gasteiger partial charge in [0.2, 0.25) is 5.91 Å². The molecule has 188 valence electrons. The number of amides is 1. The quantitative estimate of drug-likeness (QED) is 0.254. The molecule has 0 atom stereocenters. The van der Waals surface area contributed by atoms with Crippen LogP contribution in [0.5, 0.6) is 5.75 Å². The predicted octanol–water partition coefficient (Wildman–Crippen LogP) is 5.06. The molecule has 0 spiro atoms. The molecule has 6 aromatic rings. The van der Waals surface area contributed by atoms with Crippen molar-refractivity contribution in [2.75, 3.05) is 5.32 Å². The van der Waals surface area contributed by atoms with Crippen molar-refractivity contribution in [3.63, 3.8) is 0 Å². The summed E-state index contributed by atoms with van der Waals surface area (Å²) in [6.45, 7) is 3.64. The van der Waals surface area contributed by atoms with Gasteiger partial charge in [0, 0.05) is 35.5 Å². The van der Waals surface area contributed by atoms with E-state index in [1.165, 1.54) is 12.1 Å². The Kier molecular flexibility index (Phi) is 5.52. The zero-order chi connectivity index (χ0) is 26.4. The summed E-state index contributed by atoms with van der Waals surface area (Å²) in [6, 6.07) is 11.0. The van der Waals surface area contributed by atoms with E-state index in [9.17, 15) is 14.3 Å². The molecule has 0 saturated heterocycles. The second-order valence-corrected chi connectivity index (χ2v) is 9.11. The number of imidazole rings is 1. The molecule has 0 bridgehead atoms. The molecular weight excluding hydrogens is 487 g/mol. The highest BCUT2D eigenvalue weighted by molar-refractivity contribution is 5.95. The largest absolute Gasteiger partial charge is 0.508 e. The first-order chi connectivity index (χ1) is 18.4. The van der Waals surface area contributed by atoms with Crippen LogP contribution in [0.3, 0.4) is 0 Å². The third-order valence-electron chi connectivity index (χ3n) is 6.01. The number of benzene rings is 1. The van der Waals surface area contributed by atoms with Crippen molar-refractivity contribution in [2.24, 2.45) is 5.92 Å². The van der Waals surface area contributed by atoms with Crippen LogP contribution in [0.1, 0.15) is 13.8 Å². The fraction of sp³-hybridized carbons (Fsp3) is 0.111. The van der Waals surface area contributed by atoms with E-state index in [2.05, 4.69) is 30.5 Å². The lowest BCUT2D eigenvalue weighted by atomic mass is 10.1. The number of carbonyl (C=O) groups excluding carboxylic acids is 1. The van der Waals surface area contributed by atoms with Crippen molar-refractivity contribution in [1.82, 2.24) is 35.1 Å². The Morgan fingerprint density at radius 1 is 0.974 bits per heavy atom. The van der Waals surface area contributed by atoms with Crippen molar-refractivity contribution in [2.45, 2.75) is 13.8 Å². The molecule has 5 aromatic heterocycles. The molecular formula is C27H21FN8O2. The summed E-state index contributed by atoms with van der Waals surface area (Å²) in [5.41, 5.74) is 5.70. The highest BCUT2D eigenvalue weighted by atomic mass is 19.1. The van der Waals surface area contributed by atoms with Crippen molar-refractivity contribution in [1.29, 1.82) is 0 Å². The second kappa shape index (κ2) is 9.04. The van der Waals surface area contributed by atoms with E-state index >= 15 is 0 Å². The summed E-state index contributed by atoms with van der Waals surface area (Å²) in [6.07, 6.45) is 4.84. The van der Waals surface area contributed by atoms with E-state index in [1.807, 2.05) is 32.0 Å². The van der Waals surface area contributed by atoms with Gasteiger partial charge in [0.25, 0.3) is 0 Å². The first kappa shape index (κ1) is 23.2. The number of H-pyrrole nitrogens is 2. The number of halogens is 1. The Hall–Kier alpha value is -5.19. The topological polar surface area (TPSA) is 145 Å². The van der Waals surface area contributed by atoms with Gasteiger partial charge in [-0.15, -0.1) is 0 Å². The number of anilines is 1. The molecule has 0 radical (unpaired) electrons. The molecule has 1 aromatic carbocycles. The average Bonchev–Trinajstić information content (AvgIpc) is 3.51. The van der Waals surface area contributed by atoms with Crippen LogP contribution in [0, 0.1) is 11.7 Å². The van der Waals surface area contributed by atoms with Crippen LogP contribution < -0.4 is 5.32 Å². The lowest BCUT2D eigenvalue weighted by Gasteiger charge is -2.08. The normalized spacial score (nSPS) is 11.5. The van der Waals surface area contributed by atoms with E-state index in [0.29, 0.717) is 56.2 Å². The van der Waals surface area contributed by atoms with Gasteiger partial charge in [-0.05, 0) is 36.4 Å². The highest BCUT2D eigenvalue weighted by Crippen LogP contribution is 2.32. The summed E-state index contributed by atoms with van der Waals surface area (Å²) in [5.74, 6) is -0.592. The van der Waals surface area contributed by atoms with Crippen LogP contribution >= 0.6 is 0 Å². The van der Waals surface area contributed by atoms with Crippen LogP contribution in [0.25, 0.3) is 56.1 Å². The molecule has 38 heavy (non-hydrogen) atoms. The molecule has 1 amide bonds. The zero-order valence-electron chi connectivity index (χ0n) is 20.3. The number of pyridine rings is 3. The number of rotatable bonds is 5. The van der Waals surface area contributed by atoms with Gasteiger partial charge in [-0.25, -0.2) is 14.4 Å². The third-order valence-corrected chi connectivity index (χ3v) is 6.01. The zero-order valence-corrected chi connectivity index (χ0v) is 20.3. The average molecular weight is 509 g/mol. The van der Waals surface area contributed by atoms with Gasteiger partial charge in [-0.3, -0.25) is 19.9 Å². The van der Waals surface area contributed by atoms with Gasteiger partial charge in [-0.1, -0.05) is 13.8 Å². The van der Waals surface area contributed by atoms with Gasteiger partial charge < -0.3 is 15.4 Å². The van der Waals surface area contributed by atoms with E-state index in [0.717, 1.165) is 11.6 Å². The minimum atomic E-state index is -0.577. The van der Waals surface area contributed by atoms with E-state index in [1.54, 1.807) is 24.7 Å².